The molecule has 0 aliphatic heterocycles. The third-order valence-electron chi connectivity index (χ3n) is 6.39. The highest BCUT2D eigenvalue weighted by molar-refractivity contribution is 6.33. The SMILES string of the molecule is C.O=C(NCC12CCCCC(CCC1)C2)c1cc(-n2ncc(=O)[nH]c2=O)ccc1Cl. The van der Waals surface area contributed by atoms with Crippen molar-refractivity contribution in [3.8, 4) is 5.69 Å². The first-order valence-corrected chi connectivity index (χ1v) is 10.6. The number of nitrogens with zero attached hydrogens (tertiary/aromatic N) is 2. The third-order valence-corrected chi connectivity index (χ3v) is 6.72. The number of carbonyl (C=O) groups excluding carboxylic acids is 1. The van der Waals surface area contributed by atoms with Gasteiger partial charge in [-0.05, 0) is 48.8 Å². The van der Waals surface area contributed by atoms with Gasteiger partial charge < -0.3 is 5.32 Å². The minimum Gasteiger partial charge on any atom is -0.351 e. The van der Waals surface area contributed by atoms with Gasteiger partial charge in [0.05, 0.1) is 16.3 Å². The second kappa shape index (κ2) is 9.16. The normalized spacial score (nSPS) is 23.2. The summed E-state index contributed by atoms with van der Waals surface area (Å²) in [4.78, 5) is 38.3. The van der Waals surface area contributed by atoms with Crippen molar-refractivity contribution in [2.24, 2.45) is 11.3 Å². The van der Waals surface area contributed by atoms with E-state index in [1.807, 2.05) is 0 Å². The highest BCUT2D eigenvalue weighted by Gasteiger charge is 2.37. The number of hydrogen-bond acceptors (Lipinski definition) is 4. The molecule has 2 atom stereocenters. The van der Waals surface area contributed by atoms with Crippen LogP contribution in [0.5, 0.6) is 0 Å². The topological polar surface area (TPSA) is 96.8 Å². The van der Waals surface area contributed by atoms with Crippen molar-refractivity contribution in [3.63, 3.8) is 0 Å². The summed E-state index contributed by atoms with van der Waals surface area (Å²) in [6, 6.07) is 4.67. The summed E-state index contributed by atoms with van der Waals surface area (Å²) >= 11 is 6.27. The van der Waals surface area contributed by atoms with Gasteiger partial charge in [-0.25, -0.2) is 4.79 Å². The fraction of sp³-hybridized carbons (Fsp3) is 0.545. The zero-order chi connectivity index (χ0) is 20.4. The third kappa shape index (κ3) is 4.67. The Kier molecular flexibility index (Phi) is 6.81. The largest absolute Gasteiger partial charge is 0.351 e. The molecule has 2 unspecified atom stereocenters. The summed E-state index contributed by atoms with van der Waals surface area (Å²) in [5.74, 6) is 0.531. The van der Waals surface area contributed by atoms with Crippen LogP contribution in [0.25, 0.3) is 5.69 Å². The zero-order valence-electron chi connectivity index (χ0n) is 16.2. The molecule has 0 radical (unpaired) electrons. The van der Waals surface area contributed by atoms with Gasteiger partial charge in [0.15, 0.2) is 0 Å². The summed E-state index contributed by atoms with van der Waals surface area (Å²) in [5.41, 5.74) is -0.396. The van der Waals surface area contributed by atoms with Gasteiger partial charge in [0.1, 0.15) is 6.20 Å². The molecule has 2 saturated carbocycles. The molecule has 1 aromatic heterocycles. The van der Waals surface area contributed by atoms with Gasteiger partial charge in [0.25, 0.3) is 11.5 Å². The van der Waals surface area contributed by atoms with Crippen LogP contribution in [0.1, 0.15) is 69.2 Å². The van der Waals surface area contributed by atoms with E-state index < -0.39 is 11.2 Å². The lowest BCUT2D eigenvalue weighted by Crippen LogP contribution is -2.40. The Bertz CT molecular complexity index is 1030. The molecular weight excluding hydrogens is 404 g/mol. The number of benzene rings is 1. The van der Waals surface area contributed by atoms with E-state index in [-0.39, 0.29) is 18.7 Å². The number of H-pyrrole nitrogens is 1. The van der Waals surface area contributed by atoms with E-state index in [2.05, 4.69) is 15.4 Å². The minimum atomic E-state index is -0.670. The number of rotatable bonds is 4. The van der Waals surface area contributed by atoms with E-state index in [1.54, 1.807) is 12.1 Å². The first-order chi connectivity index (χ1) is 14.0. The maximum Gasteiger partial charge on any atom is 0.349 e. The highest BCUT2D eigenvalue weighted by Crippen LogP contribution is 2.47. The van der Waals surface area contributed by atoms with Crippen LogP contribution in [0, 0.1) is 11.3 Å². The van der Waals surface area contributed by atoms with Crippen LogP contribution in [0.4, 0.5) is 0 Å². The monoisotopic (exact) mass is 432 g/mol. The van der Waals surface area contributed by atoms with Crippen molar-refractivity contribution >= 4 is 17.5 Å². The molecule has 4 rings (SSSR count). The maximum absolute atomic E-state index is 12.9. The molecule has 8 heteroatoms. The molecule has 2 bridgehead atoms. The highest BCUT2D eigenvalue weighted by atomic mass is 35.5. The summed E-state index contributed by atoms with van der Waals surface area (Å²) in [6.45, 7) is 0.653. The summed E-state index contributed by atoms with van der Waals surface area (Å²) in [6.07, 6.45) is 10.9. The zero-order valence-corrected chi connectivity index (χ0v) is 17.0. The van der Waals surface area contributed by atoms with Gasteiger partial charge in [-0.3, -0.25) is 14.6 Å². The van der Waals surface area contributed by atoms with Gasteiger partial charge >= 0.3 is 5.69 Å². The first-order valence-electron chi connectivity index (χ1n) is 10.2. The van der Waals surface area contributed by atoms with Crippen molar-refractivity contribution in [1.29, 1.82) is 0 Å². The number of aromatic nitrogens is 3. The molecule has 2 aliphatic carbocycles. The van der Waals surface area contributed by atoms with Gasteiger partial charge in [-0.1, -0.05) is 51.1 Å². The number of fused-ring (bicyclic) bond motifs is 2. The van der Waals surface area contributed by atoms with Gasteiger partial charge in [-0.15, -0.1) is 0 Å². The molecule has 162 valence electrons. The molecule has 1 amide bonds. The molecule has 30 heavy (non-hydrogen) atoms. The van der Waals surface area contributed by atoms with E-state index in [0.29, 0.717) is 22.8 Å². The van der Waals surface area contributed by atoms with Crippen molar-refractivity contribution in [1.82, 2.24) is 20.1 Å². The van der Waals surface area contributed by atoms with E-state index in [9.17, 15) is 14.4 Å². The molecular formula is C22H29ClN4O3. The van der Waals surface area contributed by atoms with Crippen LogP contribution in [0.3, 0.4) is 0 Å². The summed E-state index contributed by atoms with van der Waals surface area (Å²) < 4.78 is 1.03. The molecule has 0 saturated heterocycles. The van der Waals surface area contributed by atoms with Crippen molar-refractivity contribution < 1.29 is 4.79 Å². The standard InChI is InChI=1S/C21H25ClN4O3.CH4/c22-17-7-6-15(26-20(29)25-18(27)12-24-26)10-16(17)19(28)23-13-21-8-2-1-4-14(11-21)5-3-9-21;/h6-7,10,12,14H,1-5,8-9,11,13H2,(H,23,28)(H,25,27,29);1H4. The van der Waals surface area contributed by atoms with E-state index in [1.165, 1.54) is 44.6 Å². The van der Waals surface area contributed by atoms with Crippen molar-refractivity contribution in [2.75, 3.05) is 6.54 Å². The fourth-order valence-corrected chi connectivity index (χ4v) is 5.16. The Balaban J connectivity index is 0.00000256. The van der Waals surface area contributed by atoms with Crippen molar-refractivity contribution in [3.05, 3.63) is 55.8 Å². The lowest BCUT2D eigenvalue weighted by molar-refractivity contribution is 0.0877. The minimum absolute atomic E-state index is 0. The first kappa shape index (κ1) is 22.3. The molecule has 2 fully saturated rings. The predicted molar refractivity (Wildman–Crippen MR) is 117 cm³/mol. The number of halogens is 1. The van der Waals surface area contributed by atoms with Crippen LogP contribution >= 0.6 is 11.6 Å². The Morgan fingerprint density at radius 3 is 2.80 bits per heavy atom. The van der Waals surface area contributed by atoms with E-state index in [4.69, 9.17) is 11.6 Å². The van der Waals surface area contributed by atoms with Crippen molar-refractivity contribution in [2.45, 2.75) is 58.8 Å². The molecule has 2 aromatic rings. The van der Waals surface area contributed by atoms with Gasteiger partial charge in [0.2, 0.25) is 0 Å². The number of nitrogens with one attached hydrogen (secondary N) is 2. The van der Waals surface area contributed by atoms with E-state index >= 15 is 0 Å². The molecule has 1 aromatic carbocycles. The molecule has 0 spiro atoms. The van der Waals surface area contributed by atoms with Gasteiger partial charge in [-0.2, -0.15) is 9.78 Å². The molecule has 2 aliphatic rings. The predicted octanol–water partition coefficient (Wildman–Crippen LogP) is 3.69. The average molecular weight is 433 g/mol. The smallest absolute Gasteiger partial charge is 0.349 e. The number of amides is 1. The number of hydrogen-bond donors (Lipinski definition) is 2. The van der Waals surface area contributed by atoms with Crippen LogP contribution in [0.15, 0.2) is 34.0 Å². The van der Waals surface area contributed by atoms with Crippen LogP contribution in [-0.4, -0.2) is 27.2 Å². The van der Waals surface area contributed by atoms with Gasteiger partial charge in [0, 0.05) is 6.54 Å². The molecule has 1 heterocycles. The molecule has 7 nitrogen and oxygen atoms in total. The average Bonchev–Trinajstić information content (AvgIpc) is 2.84. The maximum atomic E-state index is 12.9. The Morgan fingerprint density at radius 1 is 1.23 bits per heavy atom. The summed E-state index contributed by atoms with van der Waals surface area (Å²) in [5, 5.41) is 7.24. The lowest BCUT2D eigenvalue weighted by Gasteiger charge is -2.39. The second-order valence-electron chi connectivity index (χ2n) is 8.41. The van der Waals surface area contributed by atoms with Crippen LogP contribution in [0.2, 0.25) is 5.02 Å². The quantitative estimate of drug-likeness (QED) is 0.769. The second-order valence-corrected chi connectivity index (χ2v) is 8.81. The molecule has 2 N–H and O–H groups in total. The fourth-order valence-electron chi connectivity index (χ4n) is 4.96. The Hall–Kier alpha value is -2.41. The van der Waals surface area contributed by atoms with E-state index in [0.717, 1.165) is 29.6 Å². The lowest BCUT2D eigenvalue weighted by atomic mass is 9.68. The Morgan fingerprint density at radius 2 is 2.00 bits per heavy atom. The van der Waals surface area contributed by atoms with Crippen LogP contribution in [-0.2, 0) is 0 Å². The number of aromatic amines is 1. The Labute approximate surface area is 180 Å². The van der Waals surface area contributed by atoms with Crippen LogP contribution < -0.4 is 16.6 Å². The summed E-state index contributed by atoms with van der Waals surface area (Å²) in [7, 11) is 0. The number of carbonyl (C=O) groups is 1.